The molecule has 1 N–H and O–H groups in total. The largest absolute Gasteiger partial charge is 0.481 e. The second kappa shape index (κ2) is 5.45. The summed E-state index contributed by atoms with van der Waals surface area (Å²) in [4.78, 5) is 10.6. The fourth-order valence-electron chi connectivity index (χ4n) is 1.10. The molecule has 0 bridgehead atoms. The molecule has 16 heavy (non-hydrogen) atoms. The maximum atomic E-state index is 12.1. The van der Waals surface area contributed by atoms with E-state index in [0.717, 1.165) is 0 Å². The molecule has 0 heterocycles. The molecule has 0 amide bonds. The Kier molecular flexibility index (Phi) is 4.49. The van der Waals surface area contributed by atoms with Gasteiger partial charge in [-0.05, 0) is 28.1 Å². The second-order valence-electron chi connectivity index (χ2n) is 2.79. The Hall–Kier alpha value is -0.880. The highest BCUT2D eigenvalue weighted by Crippen LogP contribution is 2.34. The molecule has 7 heteroatoms. The van der Waals surface area contributed by atoms with Gasteiger partial charge in [0.25, 0.3) is 0 Å². The van der Waals surface area contributed by atoms with Gasteiger partial charge in [0.05, 0.1) is 11.4 Å². The Morgan fingerprint density at radius 2 is 2.19 bits per heavy atom. The van der Waals surface area contributed by atoms with E-state index in [9.17, 15) is 13.6 Å². The molecule has 0 spiro atoms. The van der Waals surface area contributed by atoms with E-state index in [0.29, 0.717) is 0 Å². The SMILES string of the molecule is O=C(O)Cc1c(OC(F)F)ccc(Cl)c1Br. The molecule has 1 aromatic rings. The molecule has 0 aliphatic rings. The van der Waals surface area contributed by atoms with E-state index in [-0.39, 0.29) is 20.8 Å². The number of carboxylic acids is 1. The highest BCUT2D eigenvalue weighted by Gasteiger charge is 2.17. The lowest BCUT2D eigenvalue weighted by Crippen LogP contribution is -2.08. The molecule has 0 fully saturated rings. The third kappa shape index (κ3) is 3.31. The van der Waals surface area contributed by atoms with E-state index < -0.39 is 19.0 Å². The van der Waals surface area contributed by atoms with E-state index in [1.165, 1.54) is 12.1 Å². The minimum absolute atomic E-state index is 0.0836. The van der Waals surface area contributed by atoms with Gasteiger partial charge in [0.1, 0.15) is 5.75 Å². The maximum absolute atomic E-state index is 12.1. The van der Waals surface area contributed by atoms with Crippen LogP contribution in [-0.4, -0.2) is 17.7 Å². The summed E-state index contributed by atoms with van der Waals surface area (Å²) in [5.41, 5.74) is 0.0836. The van der Waals surface area contributed by atoms with Crippen LogP contribution in [0.4, 0.5) is 8.78 Å². The van der Waals surface area contributed by atoms with Crippen LogP contribution in [0.25, 0.3) is 0 Å². The Bertz CT molecular complexity index is 412. The van der Waals surface area contributed by atoms with Crippen molar-refractivity contribution in [3.05, 3.63) is 27.2 Å². The van der Waals surface area contributed by atoms with Gasteiger partial charge in [-0.2, -0.15) is 8.78 Å². The summed E-state index contributed by atoms with van der Waals surface area (Å²) in [7, 11) is 0. The molecule has 0 aromatic heterocycles. The van der Waals surface area contributed by atoms with Gasteiger partial charge in [-0.25, -0.2) is 0 Å². The number of halogens is 4. The highest BCUT2D eigenvalue weighted by atomic mass is 79.9. The molecule has 3 nitrogen and oxygen atoms in total. The van der Waals surface area contributed by atoms with Gasteiger partial charge < -0.3 is 9.84 Å². The van der Waals surface area contributed by atoms with Gasteiger partial charge in [-0.3, -0.25) is 4.79 Å². The number of alkyl halides is 2. The van der Waals surface area contributed by atoms with Crippen molar-refractivity contribution in [1.82, 2.24) is 0 Å². The van der Waals surface area contributed by atoms with Crippen LogP contribution in [0.1, 0.15) is 5.56 Å². The third-order valence-electron chi connectivity index (χ3n) is 1.70. The molecular weight excluding hydrogens is 309 g/mol. The van der Waals surface area contributed by atoms with E-state index in [4.69, 9.17) is 16.7 Å². The second-order valence-corrected chi connectivity index (χ2v) is 3.99. The lowest BCUT2D eigenvalue weighted by molar-refractivity contribution is -0.136. The zero-order valence-electron chi connectivity index (χ0n) is 7.71. The van der Waals surface area contributed by atoms with Gasteiger partial charge in [-0.1, -0.05) is 11.6 Å². The van der Waals surface area contributed by atoms with Crippen molar-refractivity contribution in [2.75, 3.05) is 0 Å². The van der Waals surface area contributed by atoms with E-state index >= 15 is 0 Å². The first kappa shape index (κ1) is 13.2. The number of carbonyl (C=O) groups is 1. The van der Waals surface area contributed by atoms with Crippen molar-refractivity contribution in [3.8, 4) is 5.75 Å². The maximum Gasteiger partial charge on any atom is 0.387 e. The molecule has 0 saturated heterocycles. The predicted octanol–water partition coefficient (Wildman–Crippen LogP) is 3.33. The molecule has 0 unspecified atom stereocenters. The van der Waals surface area contributed by atoms with Gasteiger partial charge in [-0.15, -0.1) is 0 Å². The van der Waals surface area contributed by atoms with Crippen molar-refractivity contribution in [2.45, 2.75) is 13.0 Å². The van der Waals surface area contributed by atoms with Crippen molar-refractivity contribution >= 4 is 33.5 Å². The quantitative estimate of drug-likeness (QED) is 0.927. The fraction of sp³-hybridized carbons (Fsp3) is 0.222. The number of carboxylic acid groups (broad SMARTS) is 1. The Morgan fingerprint density at radius 3 is 2.69 bits per heavy atom. The first-order valence-corrected chi connectivity index (χ1v) is 5.22. The summed E-state index contributed by atoms with van der Waals surface area (Å²) in [6.07, 6.45) is -0.455. The first-order chi connectivity index (χ1) is 7.41. The van der Waals surface area contributed by atoms with Crippen LogP contribution in [0.2, 0.25) is 5.02 Å². The zero-order valence-corrected chi connectivity index (χ0v) is 10.1. The number of aliphatic carboxylic acids is 1. The Balaban J connectivity index is 3.15. The average molecular weight is 315 g/mol. The first-order valence-electron chi connectivity index (χ1n) is 4.05. The van der Waals surface area contributed by atoms with Crippen LogP contribution in [0.3, 0.4) is 0 Å². The monoisotopic (exact) mass is 314 g/mol. The average Bonchev–Trinajstić information content (AvgIpc) is 2.16. The van der Waals surface area contributed by atoms with Gasteiger partial charge >= 0.3 is 12.6 Å². The smallest absolute Gasteiger partial charge is 0.387 e. The highest BCUT2D eigenvalue weighted by molar-refractivity contribution is 9.10. The van der Waals surface area contributed by atoms with Crippen LogP contribution in [0.5, 0.6) is 5.75 Å². The van der Waals surface area contributed by atoms with E-state index in [1.54, 1.807) is 0 Å². The standard InChI is InChI=1S/C9H6BrClF2O3/c10-8-4(3-7(14)15)6(16-9(12)13)2-1-5(8)11/h1-2,9H,3H2,(H,14,15). The van der Waals surface area contributed by atoms with Gasteiger partial charge in [0, 0.05) is 10.0 Å². The summed E-state index contributed by atoms with van der Waals surface area (Å²) in [6.45, 7) is -3.01. The predicted molar refractivity (Wildman–Crippen MR) is 57.1 cm³/mol. The number of rotatable bonds is 4. The van der Waals surface area contributed by atoms with Crippen LogP contribution >= 0.6 is 27.5 Å². The van der Waals surface area contributed by atoms with Gasteiger partial charge in [0.2, 0.25) is 0 Å². The summed E-state index contributed by atoms with van der Waals surface area (Å²) < 4.78 is 28.5. The number of hydrogen-bond donors (Lipinski definition) is 1. The van der Waals surface area contributed by atoms with Gasteiger partial charge in [0.15, 0.2) is 0 Å². The number of benzene rings is 1. The van der Waals surface area contributed by atoms with Crippen LogP contribution in [0, 0.1) is 0 Å². The minimum Gasteiger partial charge on any atom is -0.481 e. The molecule has 0 atom stereocenters. The summed E-state index contributed by atoms with van der Waals surface area (Å²) in [5.74, 6) is -1.37. The zero-order chi connectivity index (χ0) is 12.3. The lowest BCUT2D eigenvalue weighted by atomic mass is 10.1. The molecule has 0 aliphatic carbocycles. The number of hydrogen-bond acceptors (Lipinski definition) is 2. The Morgan fingerprint density at radius 1 is 1.56 bits per heavy atom. The third-order valence-corrected chi connectivity index (χ3v) is 3.15. The molecule has 1 aromatic carbocycles. The molecular formula is C9H6BrClF2O3. The molecule has 0 radical (unpaired) electrons. The summed E-state index contributed by atoms with van der Waals surface area (Å²) in [5, 5.41) is 8.87. The Labute approximate surface area is 103 Å². The molecule has 1 rings (SSSR count). The van der Waals surface area contributed by atoms with Crippen molar-refractivity contribution in [1.29, 1.82) is 0 Å². The number of ether oxygens (including phenoxy) is 1. The molecule has 0 aliphatic heterocycles. The van der Waals surface area contributed by atoms with Crippen LogP contribution in [-0.2, 0) is 11.2 Å². The van der Waals surface area contributed by atoms with E-state index in [2.05, 4.69) is 20.7 Å². The van der Waals surface area contributed by atoms with E-state index in [1.807, 2.05) is 0 Å². The summed E-state index contributed by atoms with van der Waals surface area (Å²) >= 11 is 8.75. The summed E-state index contributed by atoms with van der Waals surface area (Å²) in [6, 6.07) is 2.55. The topological polar surface area (TPSA) is 46.5 Å². The van der Waals surface area contributed by atoms with Crippen molar-refractivity contribution in [2.24, 2.45) is 0 Å². The fourth-order valence-corrected chi connectivity index (χ4v) is 1.74. The molecule has 88 valence electrons. The van der Waals surface area contributed by atoms with Crippen molar-refractivity contribution < 1.29 is 23.4 Å². The lowest BCUT2D eigenvalue weighted by Gasteiger charge is -2.11. The van der Waals surface area contributed by atoms with Crippen molar-refractivity contribution in [3.63, 3.8) is 0 Å². The minimum atomic E-state index is -3.01. The molecule has 0 saturated carbocycles. The van der Waals surface area contributed by atoms with Crippen LogP contribution < -0.4 is 4.74 Å². The normalized spacial score (nSPS) is 10.6. The van der Waals surface area contributed by atoms with Crippen LogP contribution in [0.15, 0.2) is 16.6 Å².